The molecule has 0 aliphatic carbocycles. The van der Waals surface area contributed by atoms with Gasteiger partial charge in [0.05, 0.1) is 17.1 Å². The van der Waals surface area contributed by atoms with E-state index < -0.39 is 5.60 Å². The maximum atomic E-state index is 12.1. The van der Waals surface area contributed by atoms with Crippen molar-refractivity contribution >= 4 is 29.5 Å². The van der Waals surface area contributed by atoms with Crippen LogP contribution in [-0.2, 0) is 9.53 Å². The van der Waals surface area contributed by atoms with Crippen molar-refractivity contribution in [2.45, 2.75) is 32.8 Å². The van der Waals surface area contributed by atoms with Gasteiger partial charge in [-0.2, -0.15) is 0 Å². The number of hydrogen-bond donors (Lipinski definition) is 2. The molecule has 1 aromatic rings. The van der Waals surface area contributed by atoms with Crippen LogP contribution < -0.4 is 10.6 Å². The second kappa shape index (κ2) is 11.2. The standard InChI is InChI=1S/C21H31ClN4O4/c1-21(2,3)30-20(29)26-13-11-25(12-14-26)10-6-9-23-18(27)15-24-19(28)16-7-4-5-8-17(16)22/h4-5,7-8H,6,9-15H2,1-3H3,(H,23,27)(H,24,28). The Labute approximate surface area is 182 Å². The first-order valence-corrected chi connectivity index (χ1v) is 10.5. The lowest BCUT2D eigenvalue weighted by atomic mass is 10.2. The van der Waals surface area contributed by atoms with Crippen molar-refractivity contribution in [1.29, 1.82) is 0 Å². The molecule has 1 aromatic carbocycles. The Bertz CT molecular complexity index is 743. The number of piperazine rings is 1. The number of halogens is 1. The second-order valence-corrected chi connectivity index (χ2v) is 8.58. The molecule has 0 radical (unpaired) electrons. The highest BCUT2D eigenvalue weighted by Crippen LogP contribution is 2.14. The van der Waals surface area contributed by atoms with E-state index in [4.69, 9.17) is 16.3 Å². The van der Waals surface area contributed by atoms with Crippen molar-refractivity contribution in [3.8, 4) is 0 Å². The number of rotatable bonds is 7. The highest BCUT2D eigenvalue weighted by Gasteiger charge is 2.25. The van der Waals surface area contributed by atoms with Gasteiger partial charge in [-0.15, -0.1) is 0 Å². The van der Waals surface area contributed by atoms with Crippen molar-refractivity contribution in [2.75, 3.05) is 45.8 Å². The molecule has 1 aliphatic rings. The summed E-state index contributed by atoms with van der Waals surface area (Å²) in [4.78, 5) is 40.0. The third kappa shape index (κ3) is 8.20. The van der Waals surface area contributed by atoms with E-state index in [1.807, 2.05) is 20.8 Å². The van der Waals surface area contributed by atoms with Gasteiger partial charge in [-0.25, -0.2) is 4.79 Å². The maximum Gasteiger partial charge on any atom is 0.410 e. The average Bonchev–Trinajstić information content (AvgIpc) is 2.69. The molecule has 1 heterocycles. The monoisotopic (exact) mass is 438 g/mol. The number of nitrogens with zero attached hydrogens (tertiary/aromatic N) is 2. The lowest BCUT2D eigenvalue weighted by molar-refractivity contribution is -0.120. The number of ether oxygens (including phenoxy) is 1. The van der Waals surface area contributed by atoms with Crippen LogP contribution in [0.3, 0.4) is 0 Å². The van der Waals surface area contributed by atoms with E-state index in [0.717, 1.165) is 26.1 Å². The number of carbonyl (C=O) groups is 3. The van der Waals surface area contributed by atoms with Crippen LogP contribution in [0.25, 0.3) is 0 Å². The fourth-order valence-electron chi connectivity index (χ4n) is 2.97. The van der Waals surface area contributed by atoms with Gasteiger partial charge >= 0.3 is 6.09 Å². The molecule has 3 amide bonds. The third-order valence-corrected chi connectivity index (χ3v) is 4.85. The molecule has 0 atom stereocenters. The largest absolute Gasteiger partial charge is 0.444 e. The van der Waals surface area contributed by atoms with Gasteiger partial charge in [-0.3, -0.25) is 14.5 Å². The smallest absolute Gasteiger partial charge is 0.410 e. The van der Waals surface area contributed by atoms with Crippen LogP contribution in [0.2, 0.25) is 5.02 Å². The van der Waals surface area contributed by atoms with Crippen LogP contribution >= 0.6 is 11.6 Å². The van der Waals surface area contributed by atoms with E-state index in [0.29, 0.717) is 30.2 Å². The molecule has 30 heavy (non-hydrogen) atoms. The number of carbonyl (C=O) groups excluding carboxylic acids is 3. The van der Waals surface area contributed by atoms with Crippen molar-refractivity contribution in [2.24, 2.45) is 0 Å². The van der Waals surface area contributed by atoms with Crippen LogP contribution in [-0.4, -0.2) is 79.1 Å². The Morgan fingerprint density at radius 3 is 2.37 bits per heavy atom. The van der Waals surface area contributed by atoms with Gasteiger partial charge in [0.25, 0.3) is 5.91 Å². The van der Waals surface area contributed by atoms with E-state index in [-0.39, 0.29) is 24.5 Å². The highest BCUT2D eigenvalue weighted by atomic mass is 35.5. The summed E-state index contributed by atoms with van der Waals surface area (Å²) in [6.45, 7) is 9.65. The summed E-state index contributed by atoms with van der Waals surface area (Å²) in [6, 6.07) is 6.69. The summed E-state index contributed by atoms with van der Waals surface area (Å²) >= 11 is 5.97. The minimum atomic E-state index is -0.487. The summed E-state index contributed by atoms with van der Waals surface area (Å²) in [5.41, 5.74) is -0.142. The number of hydrogen-bond acceptors (Lipinski definition) is 5. The molecule has 1 saturated heterocycles. The zero-order valence-corrected chi connectivity index (χ0v) is 18.6. The molecule has 1 aliphatic heterocycles. The van der Waals surface area contributed by atoms with Crippen LogP contribution in [0.4, 0.5) is 4.79 Å². The predicted octanol–water partition coefficient (Wildman–Crippen LogP) is 2.13. The highest BCUT2D eigenvalue weighted by molar-refractivity contribution is 6.33. The number of nitrogens with one attached hydrogen (secondary N) is 2. The van der Waals surface area contributed by atoms with Crippen molar-refractivity contribution in [3.05, 3.63) is 34.9 Å². The summed E-state index contributed by atoms with van der Waals surface area (Å²) in [5, 5.41) is 5.71. The molecule has 0 unspecified atom stereocenters. The Kier molecular flexibility index (Phi) is 8.92. The van der Waals surface area contributed by atoms with E-state index in [1.165, 1.54) is 0 Å². The van der Waals surface area contributed by atoms with Gasteiger partial charge in [0, 0.05) is 32.7 Å². The van der Waals surface area contributed by atoms with Gasteiger partial charge in [0.15, 0.2) is 0 Å². The summed E-state index contributed by atoms with van der Waals surface area (Å²) in [7, 11) is 0. The topological polar surface area (TPSA) is 91.0 Å². The maximum absolute atomic E-state index is 12.1. The molecular weight excluding hydrogens is 408 g/mol. The second-order valence-electron chi connectivity index (χ2n) is 8.18. The summed E-state index contributed by atoms with van der Waals surface area (Å²) in [6.07, 6.45) is 0.518. The molecule has 8 nitrogen and oxygen atoms in total. The molecule has 9 heteroatoms. The zero-order valence-electron chi connectivity index (χ0n) is 17.9. The van der Waals surface area contributed by atoms with E-state index in [1.54, 1.807) is 29.2 Å². The molecule has 0 saturated carbocycles. The normalized spacial score (nSPS) is 14.9. The predicted molar refractivity (Wildman–Crippen MR) is 116 cm³/mol. The molecule has 0 aromatic heterocycles. The Morgan fingerprint density at radius 2 is 1.73 bits per heavy atom. The average molecular weight is 439 g/mol. The lowest BCUT2D eigenvalue weighted by Crippen LogP contribution is -2.50. The summed E-state index contributed by atoms with van der Waals surface area (Å²) in [5.74, 6) is -0.622. The molecule has 0 bridgehead atoms. The minimum Gasteiger partial charge on any atom is -0.444 e. The number of amides is 3. The lowest BCUT2D eigenvalue weighted by Gasteiger charge is -2.35. The Hall–Kier alpha value is -2.32. The van der Waals surface area contributed by atoms with Crippen LogP contribution in [0, 0.1) is 0 Å². The van der Waals surface area contributed by atoms with E-state index in [9.17, 15) is 14.4 Å². The van der Waals surface area contributed by atoms with Crippen LogP contribution in [0.1, 0.15) is 37.6 Å². The van der Waals surface area contributed by atoms with Gasteiger partial charge < -0.3 is 20.3 Å². The molecular formula is C21H31ClN4O4. The van der Waals surface area contributed by atoms with E-state index in [2.05, 4.69) is 15.5 Å². The Morgan fingerprint density at radius 1 is 1.07 bits per heavy atom. The Balaban J connectivity index is 1.57. The third-order valence-electron chi connectivity index (χ3n) is 4.53. The van der Waals surface area contributed by atoms with Gasteiger partial charge in [-0.05, 0) is 45.9 Å². The van der Waals surface area contributed by atoms with Gasteiger partial charge in [-0.1, -0.05) is 23.7 Å². The van der Waals surface area contributed by atoms with Gasteiger partial charge in [0.2, 0.25) is 5.91 Å². The molecule has 166 valence electrons. The van der Waals surface area contributed by atoms with Crippen molar-refractivity contribution < 1.29 is 19.1 Å². The first-order chi connectivity index (χ1) is 14.2. The van der Waals surface area contributed by atoms with E-state index >= 15 is 0 Å². The molecule has 2 rings (SSSR count). The molecule has 1 fully saturated rings. The fraction of sp³-hybridized carbons (Fsp3) is 0.571. The first-order valence-electron chi connectivity index (χ1n) is 10.2. The SMILES string of the molecule is CC(C)(C)OC(=O)N1CCN(CCCNC(=O)CNC(=O)c2ccccc2Cl)CC1. The van der Waals surface area contributed by atoms with Gasteiger partial charge in [0.1, 0.15) is 5.60 Å². The van der Waals surface area contributed by atoms with Crippen LogP contribution in [0.5, 0.6) is 0 Å². The quantitative estimate of drug-likeness (QED) is 0.636. The number of benzene rings is 1. The molecule has 0 spiro atoms. The van der Waals surface area contributed by atoms with Crippen molar-refractivity contribution in [3.63, 3.8) is 0 Å². The summed E-state index contributed by atoms with van der Waals surface area (Å²) < 4.78 is 5.40. The first kappa shape index (κ1) is 24.0. The van der Waals surface area contributed by atoms with Crippen molar-refractivity contribution in [1.82, 2.24) is 20.4 Å². The van der Waals surface area contributed by atoms with Crippen LogP contribution in [0.15, 0.2) is 24.3 Å². The molecule has 2 N–H and O–H groups in total. The zero-order chi connectivity index (χ0) is 22.1. The fourth-order valence-corrected chi connectivity index (χ4v) is 3.20. The minimum absolute atomic E-state index is 0.0986.